The minimum Gasteiger partial charge on any atom is -0.472 e. The Morgan fingerprint density at radius 1 is 1.26 bits per heavy atom. The molecular weight excluding hydrogens is 288 g/mol. The molecule has 0 aromatic carbocycles. The highest BCUT2D eigenvalue weighted by Crippen LogP contribution is 2.53. The smallest absolute Gasteiger partial charge is 0.139 e. The number of aryl methyl sites for hydroxylation is 1. The van der Waals surface area contributed by atoms with Crippen LogP contribution < -0.4 is 0 Å². The molecule has 3 heteroatoms. The number of hydrogen-bond acceptors (Lipinski definition) is 3. The Bertz CT molecular complexity index is 541. The molecule has 2 rings (SSSR count). The maximum atomic E-state index is 13.0. The standard InChI is InChI=1S/C20H30O3/c1-5-16(21)13-17-19(2,3)10-6-11-20(17,4)18(22)8-7-15-9-12-23-14-15/h9,12,14,17H,5-8,10-11,13H2,1-4H3/t17?,20-/m0/s1. The van der Waals surface area contributed by atoms with Crippen molar-refractivity contribution in [3.8, 4) is 0 Å². The van der Waals surface area contributed by atoms with Gasteiger partial charge in [-0.05, 0) is 42.2 Å². The Kier molecular flexibility index (Phi) is 5.49. The van der Waals surface area contributed by atoms with Gasteiger partial charge in [0, 0.05) is 24.7 Å². The lowest BCUT2D eigenvalue weighted by Crippen LogP contribution is -2.47. The Labute approximate surface area is 139 Å². The summed E-state index contributed by atoms with van der Waals surface area (Å²) in [5.74, 6) is 0.729. The largest absolute Gasteiger partial charge is 0.472 e. The third-order valence-corrected chi connectivity index (χ3v) is 5.91. The van der Waals surface area contributed by atoms with Gasteiger partial charge in [-0.3, -0.25) is 9.59 Å². The number of Topliss-reactive ketones (excluding diaryl/α,β-unsaturated/α-hetero) is 2. The van der Waals surface area contributed by atoms with Crippen LogP contribution in [0.4, 0.5) is 0 Å². The van der Waals surface area contributed by atoms with E-state index in [1.54, 1.807) is 12.5 Å². The third kappa shape index (κ3) is 3.94. The van der Waals surface area contributed by atoms with E-state index in [0.29, 0.717) is 25.0 Å². The van der Waals surface area contributed by atoms with E-state index in [1.807, 2.05) is 13.0 Å². The number of ketones is 2. The molecule has 1 aliphatic carbocycles. The summed E-state index contributed by atoms with van der Waals surface area (Å²) in [6.07, 6.45) is 8.78. The van der Waals surface area contributed by atoms with Crippen LogP contribution in [-0.2, 0) is 16.0 Å². The van der Waals surface area contributed by atoms with Gasteiger partial charge in [-0.2, -0.15) is 0 Å². The van der Waals surface area contributed by atoms with Gasteiger partial charge in [-0.15, -0.1) is 0 Å². The third-order valence-electron chi connectivity index (χ3n) is 5.91. The summed E-state index contributed by atoms with van der Waals surface area (Å²) in [5.41, 5.74) is 0.734. The number of hydrogen-bond donors (Lipinski definition) is 0. The number of carbonyl (C=O) groups excluding carboxylic acids is 2. The summed E-state index contributed by atoms with van der Waals surface area (Å²) in [6.45, 7) is 8.46. The Morgan fingerprint density at radius 2 is 2.00 bits per heavy atom. The van der Waals surface area contributed by atoms with Crippen molar-refractivity contribution in [1.29, 1.82) is 0 Å². The molecule has 1 fully saturated rings. The van der Waals surface area contributed by atoms with Gasteiger partial charge < -0.3 is 4.42 Å². The highest BCUT2D eigenvalue weighted by atomic mass is 16.3. The quantitative estimate of drug-likeness (QED) is 0.712. The van der Waals surface area contributed by atoms with E-state index < -0.39 is 0 Å². The summed E-state index contributed by atoms with van der Waals surface area (Å²) >= 11 is 0. The first-order chi connectivity index (χ1) is 10.8. The normalized spacial score (nSPS) is 26.9. The lowest BCUT2D eigenvalue weighted by Gasteiger charge is -2.50. The molecule has 2 atom stereocenters. The van der Waals surface area contributed by atoms with Crippen LogP contribution >= 0.6 is 0 Å². The molecule has 3 nitrogen and oxygen atoms in total. The van der Waals surface area contributed by atoms with Crippen LogP contribution in [0.5, 0.6) is 0 Å². The molecule has 0 spiro atoms. The molecule has 1 aliphatic rings. The van der Waals surface area contributed by atoms with Crippen molar-refractivity contribution in [2.75, 3.05) is 0 Å². The minimum atomic E-state index is -0.379. The molecule has 0 saturated heterocycles. The minimum absolute atomic E-state index is 0.0448. The highest BCUT2D eigenvalue weighted by molar-refractivity contribution is 5.86. The Morgan fingerprint density at radius 3 is 2.61 bits per heavy atom. The molecule has 1 heterocycles. The zero-order chi connectivity index (χ0) is 17.1. The molecule has 23 heavy (non-hydrogen) atoms. The zero-order valence-corrected chi connectivity index (χ0v) is 15.0. The number of carbonyl (C=O) groups is 2. The molecule has 0 N–H and O–H groups in total. The second-order valence-electron chi connectivity index (χ2n) is 7.96. The van der Waals surface area contributed by atoms with Gasteiger partial charge in [0.25, 0.3) is 0 Å². The Balaban J connectivity index is 2.15. The summed E-state index contributed by atoms with van der Waals surface area (Å²) in [4.78, 5) is 25.1. The first kappa shape index (κ1) is 18.0. The second-order valence-corrected chi connectivity index (χ2v) is 7.96. The summed E-state index contributed by atoms with van der Waals surface area (Å²) in [7, 11) is 0. The molecule has 1 unspecified atom stereocenters. The van der Waals surface area contributed by atoms with Crippen molar-refractivity contribution in [2.45, 2.75) is 72.6 Å². The first-order valence-electron chi connectivity index (χ1n) is 8.85. The first-order valence-corrected chi connectivity index (χ1v) is 8.85. The summed E-state index contributed by atoms with van der Waals surface area (Å²) < 4.78 is 5.08. The fraction of sp³-hybridized carbons (Fsp3) is 0.700. The van der Waals surface area contributed by atoms with E-state index in [1.165, 1.54) is 0 Å². The van der Waals surface area contributed by atoms with Gasteiger partial charge in [-0.25, -0.2) is 0 Å². The molecule has 1 aromatic heterocycles. The van der Waals surface area contributed by atoms with Crippen molar-refractivity contribution in [3.05, 3.63) is 24.2 Å². The SMILES string of the molecule is CCC(=O)CC1C(C)(C)CCC[C@]1(C)C(=O)CCc1ccoc1. The summed E-state index contributed by atoms with van der Waals surface area (Å²) in [5, 5.41) is 0. The van der Waals surface area contributed by atoms with Crippen LogP contribution in [0.2, 0.25) is 0 Å². The monoisotopic (exact) mass is 318 g/mol. The van der Waals surface area contributed by atoms with E-state index in [9.17, 15) is 9.59 Å². The maximum absolute atomic E-state index is 13.0. The molecule has 0 radical (unpaired) electrons. The van der Waals surface area contributed by atoms with Gasteiger partial charge in [0.05, 0.1) is 12.5 Å². The maximum Gasteiger partial charge on any atom is 0.139 e. The average Bonchev–Trinajstić information content (AvgIpc) is 3.01. The average molecular weight is 318 g/mol. The van der Waals surface area contributed by atoms with Crippen molar-refractivity contribution in [2.24, 2.45) is 16.7 Å². The molecule has 0 aliphatic heterocycles. The van der Waals surface area contributed by atoms with Gasteiger partial charge >= 0.3 is 0 Å². The fourth-order valence-electron chi connectivity index (χ4n) is 4.31. The Hall–Kier alpha value is -1.38. The molecule has 0 bridgehead atoms. The van der Waals surface area contributed by atoms with E-state index in [2.05, 4.69) is 20.8 Å². The lowest BCUT2D eigenvalue weighted by atomic mass is 9.53. The summed E-state index contributed by atoms with van der Waals surface area (Å²) in [6, 6.07) is 1.92. The predicted molar refractivity (Wildman–Crippen MR) is 91.2 cm³/mol. The van der Waals surface area contributed by atoms with Crippen LogP contribution in [-0.4, -0.2) is 11.6 Å². The van der Waals surface area contributed by atoms with Gasteiger partial charge in [0.2, 0.25) is 0 Å². The van der Waals surface area contributed by atoms with Crippen molar-refractivity contribution < 1.29 is 14.0 Å². The van der Waals surface area contributed by atoms with Crippen molar-refractivity contribution in [1.82, 2.24) is 0 Å². The van der Waals surface area contributed by atoms with Gasteiger partial charge in [0.15, 0.2) is 0 Å². The van der Waals surface area contributed by atoms with Crippen LogP contribution in [0.1, 0.15) is 71.8 Å². The van der Waals surface area contributed by atoms with Crippen LogP contribution in [0.15, 0.2) is 23.0 Å². The van der Waals surface area contributed by atoms with Gasteiger partial charge in [0.1, 0.15) is 11.6 Å². The molecule has 0 amide bonds. The zero-order valence-electron chi connectivity index (χ0n) is 15.0. The van der Waals surface area contributed by atoms with E-state index >= 15 is 0 Å². The molecule has 1 saturated carbocycles. The van der Waals surface area contributed by atoms with Crippen molar-refractivity contribution in [3.63, 3.8) is 0 Å². The van der Waals surface area contributed by atoms with E-state index in [-0.39, 0.29) is 22.5 Å². The number of rotatable bonds is 7. The van der Waals surface area contributed by atoms with Crippen LogP contribution in [0, 0.1) is 16.7 Å². The lowest BCUT2D eigenvalue weighted by molar-refractivity contribution is -0.140. The topological polar surface area (TPSA) is 47.3 Å². The van der Waals surface area contributed by atoms with Crippen molar-refractivity contribution >= 4 is 11.6 Å². The second kappa shape index (κ2) is 7.02. The molecule has 128 valence electrons. The van der Waals surface area contributed by atoms with E-state index in [4.69, 9.17) is 4.42 Å². The highest BCUT2D eigenvalue weighted by Gasteiger charge is 2.50. The fourth-order valence-corrected chi connectivity index (χ4v) is 4.31. The number of furan rings is 1. The van der Waals surface area contributed by atoms with Crippen LogP contribution in [0.25, 0.3) is 0 Å². The van der Waals surface area contributed by atoms with E-state index in [0.717, 1.165) is 31.2 Å². The van der Waals surface area contributed by atoms with Crippen LogP contribution in [0.3, 0.4) is 0 Å². The molecular formula is C20H30O3. The van der Waals surface area contributed by atoms with Gasteiger partial charge in [-0.1, -0.05) is 34.1 Å². The predicted octanol–water partition coefficient (Wildman–Crippen LogP) is 4.98. The molecule has 1 aromatic rings.